The van der Waals surface area contributed by atoms with Crippen molar-refractivity contribution in [3.63, 3.8) is 0 Å². The lowest BCUT2D eigenvalue weighted by atomic mass is 10.0. The summed E-state index contributed by atoms with van der Waals surface area (Å²) in [5.41, 5.74) is 6.59. The maximum Gasteiger partial charge on any atom is 0.341 e. The molecule has 2 heterocycles. The van der Waals surface area contributed by atoms with E-state index in [1.165, 1.54) is 24.1 Å². The van der Waals surface area contributed by atoms with Crippen LogP contribution >= 0.6 is 0 Å². The summed E-state index contributed by atoms with van der Waals surface area (Å²) < 4.78 is 6.14. The van der Waals surface area contributed by atoms with Gasteiger partial charge in [-0.3, -0.25) is 4.79 Å². The molecule has 3 rings (SSSR count). The molecule has 2 aliphatic rings. The number of hydrogen-bond donors (Lipinski definition) is 4. The molecule has 2 atom stereocenters. The molecule has 0 fully saturated rings. The molecule has 0 aliphatic carbocycles. The number of carbonyl (C=O) groups is 1. The molecule has 136 valence electrons. The summed E-state index contributed by atoms with van der Waals surface area (Å²) in [7, 11) is 1.21. The van der Waals surface area contributed by atoms with E-state index >= 15 is 0 Å². The van der Waals surface area contributed by atoms with Crippen molar-refractivity contribution in [2.24, 2.45) is 0 Å². The van der Waals surface area contributed by atoms with Crippen molar-refractivity contribution < 1.29 is 19.7 Å². The summed E-state index contributed by atoms with van der Waals surface area (Å²) in [6.45, 7) is -0.436. The van der Waals surface area contributed by atoms with Gasteiger partial charge in [-0.15, -0.1) is 0 Å². The van der Waals surface area contributed by atoms with Gasteiger partial charge in [0, 0.05) is 18.1 Å². The van der Waals surface area contributed by atoms with Crippen LogP contribution in [0, 0.1) is 0 Å². The fourth-order valence-corrected chi connectivity index (χ4v) is 2.78. The van der Waals surface area contributed by atoms with Crippen LogP contribution in [0.2, 0.25) is 0 Å². The van der Waals surface area contributed by atoms with Gasteiger partial charge in [0.1, 0.15) is 17.4 Å². The van der Waals surface area contributed by atoms with Crippen LogP contribution in [-0.4, -0.2) is 44.7 Å². The number of anilines is 1. The Hall–Kier alpha value is -3.17. The molecule has 0 unspecified atom stereocenters. The van der Waals surface area contributed by atoms with Crippen LogP contribution in [0.4, 0.5) is 5.69 Å². The number of ether oxygens (including phenoxy) is 1. The predicted molar refractivity (Wildman–Crippen MR) is 92.7 cm³/mol. The van der Waals surface area contributed by atoms with Gasteiger partial charge in [0.05, 0.1) is 25.3 Å². The zero-order valence-electron chi connectivity index (χ0n) is 13.9. The number of aliphatic hydroxyl groups is 2. The molecule has 0 amide bonds. The number of rotatable bonds is 5. The van der Waals surface area contributed by atoms with Crippen molar-refractivity contribution in [2.75, 3.05) is 19.5 Å². The number of nitrogens with zero attached hydrogens (tertiary/aromatic N) is 2. The van der Waals surface area contributed by atoms with E-state index < -0.39 is 30.3 Å². The molecule has 0 bridgehead atoms. The molecular weight excluding hydrogens is 340 g/mol. The van der Waals surface area contributed by atoms with Gasteiger partial charge in [0.15, 0.2) is 0 Å². The molecule has 5 N–H and O–H groups in total. The lowest BCUT2D eigenvalue weighted by molar-refractivity contribution is 0.0589. The maximum atomic E-state index is 12.0. The van der Waals surface area contributed by atoms with Crippen LogP contribution in [0.1, 0.15) is 28.1 Å². The second-order valence-electron chi connectivity index (χ2n) is 5.79. The van der Waals surface area contributed by atoms with Crippen LogP contribution in [0.15, 0.2) is 41.5 Å². The third-order valence-corrected chi connectivity index (χ3v) is 4.20. The second kappa shape index (κ2) is 6.98. The van der Waals surface area contributed by atoms with Crippen molar-refractivity contribution in [3.05, 3.63) is 58.1 Å². The minimum absolute atomic E-state index is 0.0475. The zero-order chi connectivity index (χ0) is 18.8. The number of benzene rings is 1. The third kappa shape index (κ3) is 3.05. The predicted octanol–water partition coefficient (Wildman–Crippen LogP) is 0.312. The number of hydrogen-bond acceptors (Lipinski definition) is 7. The lowest BCUT2D eigenvalue weighted by Gasteiger charge is -2.25. The summed E-state index contributed by atoms with van der Waals surface area (Å²) in [4.78, 5) is 24.0. The summed E-state index contributed by atoms with van der Waals surface area (Å²) >= 11 is 0. The van der Waals surface area contributed by atoms with Crippen LogP contribution in [-0.2, 0) is 4.74 Å². The van der Waals surface area contributed by atoms with E-state index in [0.717, 1.165) is 0 Å². The number of pyridine rings is 1. The Kier molecular flexibility index (Phi) is 4.74. The van der Waals surface area contributed by atoms with E-state index in [1.54, 1.807) is 24.3 Å². The number of H-pyrrole nitrogens is 1. The molecule has 0 spiro atoms. The highest BCUT2D eigenvalue weighted by atomic mass is 16.5. The standard InChI is InChI=1S/C17H18N4O5/c1-26-17(25)12-7-21(6-11-14(12)19-20-16(11)24)13(8-22)15(23)9-2-4-10(18)5-3-9/h2-7,13,15,22-23H,8,18H2,1H3,(H,20,24)/t13-,15+/m1/s1. The first-order valence-corrected chi connectivity index (χ1v) is 7.78. The van der Waals surface area contributed by atoms with Gasteiger partial charge < -0.3 is 25.3 Å². The number of carbonyl (C=O) groups excluding carboxylic acids is 1. The van der Waals surface area contributed by atoms with Gasteiger partial charge in [-0.25, -0.2) is 9.89 Å². The number of aromatic amines is 1. The molecule has 9 heteroatoms. The highest BCUT2D eigenvalue weighted by molar-refractivity contribution is 5.95. The van der Waals surface area contributed by atoms with Crippen molar-refractivity contribution in [1.29, 1.82) is 0 Å². The minimum atomic E-state index is -1.10. The van der Waals surface area contributed by atoms with Gasteiger partial charge in [0.2, 0.25) is 0 Å². The topological polar surface area (TPSA) is 143 Å². The molecule has 1 aromatic rings. The van der Waals surface area contributed by atoms with Crippen LogP contribution < -0.4 is 11.3 Å². The van der Waals surface area contributed by atoms with Gasteiger partial charge >= 0.3 is 5.97 Å². The molecular formula is C17H18N4O5. The summed E-state index contributed by atoms with van der Waals surface area (Å²) in [5.74, 6) is -0.686. The Morgan fingerprint density at radius 3 is 2.65 bits per heavy atom. The number of nitrogen functional groups attached to an aromatic ring is 1. The number of methoxy groups -OCH3 is 1. The van der Waals surface area contributed by atoms with E-state index in [4.69, 9.17) is 10.5 Å². The lowest BCUT2D eigenvalue weighted by Crippen LogP contribution is -2.23. The first-order chi connectivity index (χ1) is 12.5. The Labute approximate surface area is 148 Å². The average Bonchev–Trinajstić information content (AvgIpc) is 3.02. The maximum absolute atomic E-state index is 12.0. The molecule has 0 radical (unpaired) electrons. The Morgan fingerprint density at radius 2 is 2.04 bits per heavy atom. The third-order valence-electron chi connectivity index (χ3n) is 4.20. The van der Waals surface area contributed by atoms with Crippen LogP contribution in [0.25, 0.3) is 11.3 Å². The molecule has 1 aromatic carbocycles. The minimum Gasteiger partial charge on any atom is -0.465 e. The first kappa shape index (κ1) is 17.6. The van der Waals surface area contributed by atoms with Crippen molar-refractivity contribution in [3.8, 4) is 11.3 Å². The number of fused-ring (bicyclic) bond motifs is 1. The SMILES string of the molecule is COC(=O)c1cn([C@H](CO)[C@@H](O)c2ccc(N)cc2)cc2c(=O)[nH]nc1-2. The number of aromatic nitrogens is 3. The zero-order valence-corrected chi connectivity index (χ0v) is 13.9. The van der Waals surface area contributed by atoms with Crippen molar-refractivity contribution in [2.45, 2.75) is 12.1 Å². The Bertz CT molecular complexity index is 947. The van der Waals surface area contributed by atoms with Crippen LogP contribution in [0.3, 0.4) is 0 Å². The molecule has 0 saturated carbocycles. The summed E-state index contributed by atoms with van der Waals surface area (Å²) in [6, 6.07) is 5.69. The quantitative estimate of drug-likeness (QED) is 0.379. The van der Waals surface area contributed by atoms with Gasteiger partial charge in [0.25, 0.3) is 5.56 Å². The number of esters is 1. The Morgan fingerprint density at radius 1 is 1.35 bits per heavy atom. The van der Waals surface area contributed by atoms with Crippen molar-refractivity contribution >= 4 is 11.7 Å². The molecule has 0 saturated heterocycles. The average molecular weight is 358 g/mol. The van der Waals surface area contributed by atoms with E-state index in [1.807, 2.05) is 0 Å². The molecule has 0 aromatic heterocycles. The molecule has 2 aliphatic heterocycles. The number of nitrogens with two attached hydrogens (primary N) is 1. The normalized spacial score (nSPS) is 13.5. The Balaban J connectivity index is 2.10. The van der Waals surface area contributed by atoms with Crippen LogP contribution in [0.5, 0.6) is 0 Å². The van der Waals surface area contributed by atoms with E-state index in [0.29, 0.717) is 11.3 Å². The molecule has 9 nitrogen and oxygen atoms in total. The van der Waals surface area contributed by atoms with E-state index in [9.17, 15) is 19.8 Å². The highest BCUT2D eigenvalue weighted by Gasteiger charge is 2.27. The van der Waals surface area contributed by atoms with E-state index in [2.05, 4.69) is 10.2 Å². The summed E-state index contributed by atoms with van der Waals surface area (Å²) in [5, 5.41) is 26.6. The van der Waals surface area contributed by atoms with Gasteiger partial charge in [-0.1, -0.05) is 12.1 Å². The number of aliphatic hydroxyl groups excluding tert-OH is 2. The fourth-order valence-electron chi connectivity index (χ4n) is 2.78. The van der Waals surface area contributed by atoms with E-state index in [-0.39, 0.29) is 16.8 Å². The second-order valence-corrected chi connectivity index (χ2v) is 5.79. The number of nitrogens with one attached hydrogen (secondary N) is 1. The largest absolute Gasteiger partial charge is 0.465 e. The highest BCUT2D eigenvalue weighted by Crippen LogP contribution is 2.30. The first-order valence-electron chi connectivity index (χ1n) is 7.78. The van der Waals surface area contributed by atoms with Gasteiger partial charge in [-0.2, -0.15) is 5.10 Å². The van der Waals surface area contributed by atoms with Crippen molar-refractivity contribution in [1.82, 2.24) is 14.8 Å². The smallest absolute Gasteiger partial charge is 0.341 e. The summed E-state index contributed by atoms with van der Waals surface area (Å²) in [6.07, 6.45) is 1.71. The molecule has 26 heavy (non-hydrogen) atoms. The van der Waals surface area contributed by atoms with Gasteiger partial charge in [-0.05, 0) is 17.7 Å². The fraction of sp³-hybridized carbons (Fsp3) is 0.235. The monoisotopic (exact) mass is 358 g/mol.